The molecule has 0 aromatic carbocycles. The number of imide groups is 1. The zero-order valence-electron chi connectivity index (χ0n) is 11.6. The maximum absolute atomic E-state index is 11.9. The van der Waals surface area contributed by atoms with Crippen LogP contribution in [-0.4, -0.2) is 68.8 Å². The van der Waals surface area contributed by atoms with Gasteiger partial charge in [-0.15, -0.1) is 0 Å². The van der Waals surface area contributed by atoms with Crippen molar-refractivity contribution in [1.82, 2.24) is 4.90 Å². The molecule has 0 aromatic heterocycles. The Hall–Kier alpha value is -1.27. The maximum Gasteiger partial charge on any atom is 0.303 e. The number of rotatable bonds is 9. The highest BCUT2D eigenvalue weighted by Gasteiger charge is 2.29. The Balaban J connectivity index is 2.45. The first-order chi connectivity index (χ1) is 10.0. The monoisotopic (exact) mass is 353 g/mol. The molecular weight excluding hydrogens is 336 g/mol. The second-order valence-electron chi connectivity index (χ2n) is 4.89. The van der Waals surface area contributed by atoms with Gasteiger partial charge < -0.3 is 14.9 Å². The summed E-state index contributed by atoms with van der Waals surface area (Å²) in [6.45, 7) is -0.247. The smallest absolute Gasteiger partial charge is 0.303 e. The molecule has 22 heavy (non-hydrogen) atoms. The number of carboxylic acid groups (broad SMARTS) is 1. The average Bonchev–Trinajstić information content (AvgIpc) is 2.72. The molecule has 2 amide bonds. The number of amides is 2. The third-order valence-corrected chi connectivity index (χ3v) is 7.07. The summed E-state index contributed by atoms with van der Waals surface area (Å²) in [5, 5.41) is 8.45. The first-order valence-electron chi connectivity index (χ1n) is 6.39. The van der Waals surface area contributed by atoms with Gasteiger partial charge in [0.05, 0.1) is 6.42 Å². The lowest BCUT2D eigenvalue weighted by molar-refractivity contribution is -0.137. The molecule has 0 spiro atoms. The SMILES string of the molecule is O=C(O)CCP(=O)(O)CCP(=O)(O)CCN1C(=O)C=CC1=O. The zero-order chi connectivity index (χ0) is 17.0. The van der Waals surface area contributed by atoms with Gasteiger partial charge in [-0.05, 0) is 0 Å². The first-order valence-corrected chi connectivity index (χ1v) is 10.5. The summed E-state index contributed by atoms with van der Waals surface area (Å²) in [6, 6.07) is 0. The third-order valence-electron chi connectivity index (χ3n) is 3.05. The minimum atomic E-state index is -3.80. The van der Waals surface area contributed by atoms with E-state index in [0.29, 0.717) is 0 Å². The minimum absolute atomic E-state index is 0.247. The predicted octanol–water partition coefficient (Wildman–Crippen LogP) is -0.0731. The quantitative estimate of drug-likeness (QED) is 0.385. The van der Waals surface area contributed by atoms with E-state index < -0.39 is 57.4 Å². The van der Waals surface area contributed by atoms with Crippen LogP contribution in [0.1, 0.15) is 6.42 Å². The number of carbonyl (C=O) groups excluding carboxylic acids is 2. The van der Waals surface area contributed by atoms with Crippen molar-refractivity contribution >= 4 is 32.5 Å². The van der Waals surface area contributed by atoms with Gasteiger partial charge in [0.2, 0.25) is 14.7 Å². The van der Waals surface area contributed by atoms with Crippen LogP contribution in [0.4, 0.5) is 0 Å². The van der Waals surface area contributed by atoms with Crippen molar-refractivity contribution in [2.24, 2.45) is 0 Å². The Morgan fingerprint density at radius 1 is 0.955 bits per heavy atom. The summed E-state index contributed by atoms with van der Waals surface area (Å²) in [6.07, 6.45) is -0.165. The number of carboxylic acids is 1. The van der Waals surface area contributed by atoms with Gasteiger partial charge in [0.25, 0.3) is 11.8 Å². The molecule has 0 saturated heterocycles. The van der Waals surface area contributed by atoms with Crippen molar-refractivity contribution in [3.63, 3.8) is 0 Å². The molecule has 1 aliphatic heterocycles. The van der Waals surface area contributed by atoms with Crippen molar-refractivity contribution in [1.29, 1.82) is 0 Å². The molecule has 11 heteroatoms. The Morgan fingerprint density at radius 3 is 1.86 bits per heavy atom. The Kier molecular flexibility index (Phi) is 6.26. The molecule has 0 aliphatic carbocycles. The summed E-state index contributed by atoms with van der Waals surface area (Å²) >= 11 is 0. The Bertz CT molecular complexity index is 581. The van der Waals surface area contributed by atoms with Crippen molar-refractivity contribution in [3.8, 4) is 0 Å². The molecule has 3 N–H and O–H groups in total. The summed E-state index contributed by atoms with van der Waals surface area (Å²) in [5.41, 5.74) is 0. The number of carbonyl (C=O) groups is 3. The highest BCUT2D eigenvalue weighted by molar-refractivity contribution is 7.62. The lowest BCUT2D eigenvalue weighted by Gasteiger charge is -2.18. The average molecular weight is 353 g/mol. The van der Waals surface area contributed by atoms with Crippen LogP contribution < -0.4 is 0 Å². The molecule has 124 valence electrons. The van der Waals surface area contributed by atoms with E-state index in [4.69, 9.17) is 5.11 Å². The highest BCUT2D eigenvalue weighted by Crippen LogP contribution is 2.48. The Morgan fingerprint density at radius 2 is 1.41 bits per heavy atom. The number of nitrogens with zero attached hydrogens (tertiary/aromatic N) is 1. The van der Waals surface area contributed by atoms with Gasteiger partial charge in [0, 0.05) is 43.3 Å². The van der Waals surface area contributed by atoms with Crippen LogP contribution in [0.25, 0.3) is 0 Å². The van der Waals surface area contributed by atoms with Gasteiger partial charge in [-0.1, -0.05) is 0 Å². The van der Waals surface area contributed by atoms with Crippen LogP contribution in [-0.2, 0) is 23.5 Å². The zero-order valence-corrected chi connectivity index (χ0v) is 13.4. The van der Waals surface area contributed by atoms with Crippen LogP contribution in [0.5, 0.6) is 0 Å². The van der Waals surface area contributed by atoms with Gasteiger partial charge in [0.1, 0.15) is 0 Å². The highest BCUT2D eigenvalue weighted by atomic mass is 31.2. The van der Waals surface area contributed by atoms with Crippen LogP contribution in [0.2, 0.25) is 0 Å². The van der Waals surface area contributed by atoms with Gasteiger partial charge >= 0.3 is 5.97 Å². The fourth-order valence-corrected chi connectivity index (χ4v) is 5.71. The van der Waals surface area contributed by atoms with E-state index in [2.05, 4.69) is 0 Å². The van der Waals surface area contributed by atoms with Gasteiger partial charge in [-0.2, -0.15) is 0 Å². The lowest BCUT2D eigenvalue weighted by atomic mass is 10.5. The van der Waals surface area contributed by atoms with Gasteiger partial charge in [-0.25, -0.2) is 0 Å². The molecule has 0 fully saturated rings. The summed E-state index contributed by atoms with van der Waals surface area (Å²) in [4.78, 5) is 53.0. The molecule has 0 aromatic rings. The van der Waals surface area contributed by atoms with E-state index >= 15 is 0 Å². The topological polar surface area (TPSA) is 149 Å². The lowest BCUT2D eigenvalue weighted by Crippen LogP contribution is -2.32. The van der Waals surface area contributed by atoms with Gasteiger partial charge in [0.15, 0.2) is 0 Å². The molecule has 1 heterocycles. The van der Waals surface area contributed by atoms with Crippen molar-refractivity contribution in [2.75, 3.05) is 31.2 Å². The molecule has 0 bridgehead atoms. The van der Waals surface area contributed by atoms with Crippen LogP contribution in [0, 0.1) is 0 Å². The molecule has 2 atom stereocenters. The van der Waals surface area contributed by atoms with E-state index in [1.165, 1.54) is 0 Å². The van der Waals surface area contributed by atoms with Crippen molar-refractivity contribution < 1.29 is 38.4 Å². The third kappa shape index (κ3) is 6.23. The van der Waals surface area contributed by atoms with Crippen LogP contribution in [0.3, 0.4) is 0 Å². The normalized spacial score (nSPS) is 20.0. The van der Waals surface area contributed by atoms with Crippen LogP contribution >= 0.6 is 14.7 Å². The van der Waals surface area contributed by atoms with E-state index in [1.54, 1.807) is 0 Å². The van der Waals surface area contributed by atoms with Crippen LogP contribution in [0.15, 0.2) is 12.2 Å². The number of aliphatic carboxylic acids is 1. The molecule has 1 rings (SSSR count). The standard InChI is InChI=1S/C11H17NO8P2/c13-9-1-2-10(14)12(9)4-6-22(19,20)8-7-21(17,18)5-3-11(15)16/h1-2H,3-8H2,(H,15,16)(H,17,18)(H,19,20). The molecule has 2 unspecified atom stereocenters. The molecule has 1 aliphatic rings. The fourth-order valence-electron chi connectivity index (χ4n) is 1.71. The van der Waals surface area contributed by atoms with E-state index in [-0.39, 0.29) is 12.7 Å². The first kappa shape index (κ1) is 18.8. The minimum Gasteiger partial charge on any atom is -0.481 e. The fraction of sp³-hybridized carbons (Fsp3) is 0.545. The van der Waals surface area contributed by atoms with Crippen molar-refractivity contribution in [3.05, 3.63) is 12.2 Å². The summed E-state index contributed by atoms with van der Waals surface area (Å²) < 4.78 is 23.6. The molecular formula is C11H17NO8P2. The number of hydrogen-bond acceptors (Lipinski definition) is 5. The maximum atomic E-state index is 11.9. The predicted molar refractivity (Wildman–Crippen MR) is 77.2 cm³/mol. The largest absolute Gasteiger partial charge is 0.481 e. The second kappa shape index (κ2) is 7.33. The summed E-state index contributed by atoms with van der Waals surface area (Å²) in [5.74, 6) is -2.36. The van der Waals surface area contributed by atoms with E-state index in [9.17, 15) is 33.3 Å². The molecule has 0 radical (unpaired) electrons. The second-order valence-corrected chi connectivity index (χ2v) is 10.1. The van der Waals surface area contributed by atoms with Crippen molar-refractivity contribution in [2.45, 2.75) is 6.42 Å². The molecule has 9 nitrogen and oxygen atoms in total. The van der Waals surface area contributed by atoms with E-state index in [1.807, 2.05) is 0 Å². The summed E-state index contributed by atoms with van der Waals surface area (Å²) in [7, 11) is -7.58. The van der Waals surface area contributed by atoms with E-state index in [0.717, 1.165) is 17.1 Å². The van der Waals surface area contributed by atoms with Gasteiger partial charge in [-0.3, -0.25) is 28.4 Å². The Labute approximate surface area is 126 Å². The molecule has 0 saturated carbocycles. The number of hydrogen-bond donors (Lipinski definition) is 3.